The highest BCUT2D eigenvalue weighted by atomic mass is 16.2. The number of benzene rings is 2. The third kappa shape index (κ3) is 3.92. The first kappa shape index (κ1) is 20.3. The minimum Gasteiger partial charge on any atom is -0.295 e. The lowest BCUT2D eigenvalue weighted by atomic mass is 10.1. The number of amides is 1. The number of nitrogens with one attached hydrogen (secondary N) is 1. The molecule has 31 heavy (non-hydrogen) atoms. The fourth-order valence-electron chi connectivity index (χ4n) is 3.44. The molecule has 1 N–H and O–H groups in total. The minimum absolute atomic E-state index is 0.138. The fraction of sp³-hybridized carbons (Fsp3) is 0.160. The molecule has 1 aliphatic rings. The van der Waals surface area contributed by atoms with Crippen molar-refractivity contribution in [1.29, 1.82) is 0 Å². The molecule has 0 fully saturated rings. The van der Waals surface area contributed by atoms with Gasteiger partial charge in [0.2, 0.25) is 0 Å². The molecule has 4 rings (SSSR count). The Bertz CT molecular complexity index is 1290. The highest BCUT2D eigenvalue weighted by Crippen LogP contribution is 2.24. The number of aromatic amines is 1. The molecule has 1 aromatic heterocycles. The number of H-pyrrole nitrogens is 1. The van der Waals surface area contributed by atoms with E-state index >= 15 is 0 Å². The van der Waals surface area contributed by atoms with E-state index in [9.17, 15) is 9.59 Å². The summed E-state index contributed by atoms with van der Waals surface area (Å²) < 4.78 is 1.52. The lowest BCUT2D eigenvalue weighted by molar-refractivity contribution is -0.114. The van der Waals surface area contributed by atoms with Crippen LogP contribution >= 0.6 is 0 Å². The van der Waals surface area contributed by atoms with Crippen LogP contribution in [0.4, 0.5) is 5.69 Å². The highest BCUT2D eigenvalue weighted by Gasteiger charge is 2.28. The molecular formula is C25H24N4O2. The number of rotatable bonds is 4. The van der Waals surface area contributed by atoms with Crippen LogP contribution in [0.1, 0.15) is 29.3 Å². The van der Waals surface area contributed by atoms with E-state index in [4.69, 9.17) is 0 Å². The quantitative estimate of drug-likeness (QED) is 0.643. The summed E-state index contributed by atoms with van der Waals surface area (Å²) >= 11 is 0. The van der Waals surface area contributed by atoms with E-state index in [0.717, 1.165) is 28.2 Å². The van der Waals surface area contributed by atoms with Gasteiger partial charge in [0.05, 0.1) is 28.2 Å². The summed E-state index contributed by atoms with van der Waals surface area (Å²) in [5.41, 5.74) is 6.06. The first-order valence-electron chi connectivity index (χ1n) is 10.1. The molecule has 0 bridgehead atoms. The smallest absolute Gasteiger partial charge is 0.280 e. The van der Waals surface area contributed by atoms with Gasteiger partial charge in [0.1, 0.15) is 0 Å². The molecule has 3 aromatic rings. The van der Waals surface area contributed by atoms with Gasteiger partial charge < -0.3 is 0 Å². The van der Waals surface area contributed by atoms with Gasteiger partial charge in [0.25, 0.3) is 11.5 Å². The van der Waals surface area contributed by atoms with Crippen LogP contribution in [0.15, 0.2) is 76.2 Å². The molecule has 0 atom stereocenters. The van der Waals surface area contributed by atoms with Gasteiger partial charge in [-0.2, -0.15) is 10.1 Å². The molecule has 2 heterocycles. The van der Waals surface area contributed by atoms with Crippen molar-refractivity contribution in [2.75, 3.05) is 5.01 Å². The molecule has 1 amide bonds. The van der Waals surface area contributed by atoms with Crippen LogP contribution in [-0.4, -0.2) is 21.4 Å². The number of carbonyl (C=O) groups excluding carboxylic acids is 1. The minimum atomic E-state index is -0.186. The Hall–Kier alpha value is -3.93. The summed E-state index contributed by atoms with van der Waals surface area (Å²) in [5, 5.41) is 8.90. The molecule has 0 unspecified atom stereocenters. The number of allylic oxidation sites excluding steroid dienone is 2. The van der Waals surface area contributed by atoms with Crippen molar-refractivity contribution in [1.82, 2.24) is 9.78 Å². The van der Waals surface area contributed by atoms with Crippen LogP contribution in [0.5, 0.6) is 0 Å². The van der Waals surface area contributed by atoms with Gasteiger partial charge in [-0.05, 0) is 64.1 Å². The summed E-state index contributed by atoms with van der Waals surface area (Å²) in [6, 6.07) is 15.4. The summed E-state index contributed by atoms with van der Waals surface area (Å²) in [7, 11) is 0. The Morgan fingerprint density at radius 2 is 1.42 bits per heavy atom. The molecule has 156 valence electrons. The number of nitrogens with zero attached hydrogens (tertiary/aromatic N) is 3. The standard InChI is InChI=1S/C25H24N4O2/c1-16-8-12-20(13-9-16)28-24(30)22(18(3)26-28)6-5-7-23-19(4)27-29(25(23)31)21-14-10-17(2)11-15-21/h5-15,26H,1-4H3. The Morgan fingerprint density at radius 1 is 0.839 bits per heavy atom. The zero-order valence-electron chi connectivity index (χ0n) is 18.0. The van der Waals surface area contributed by atoms with E-state index in [1.54, 1.807) is 25.2 Å². The van der Waals surface area contributed by atoms with Crippen LogP contribution < -0.4 is 10.6 Å². The maximum atomic E-state index is 12.9. The Balaban J connectivity index is 1.59. The van der Waals surface area contributed by atoms with Gasteiger partial charge in [-0.15, -0.1) is 0 Å². The van der Waals surface area contributed by atoms with Crippen LogP contribution in [0, 0.1) is 20.8 Å². The van der Waals surface area contributed by atoms with E-state index in [2.05, 4.69) is 10.2 Å². The number of hydrogen-bond donors (Lipinski definition) is 1. The summed E-state index contributed by atoms with van der Waals surface area (Å²) in [5.74, 6) is -0.186. The van der Waals surface area contributed by atoms with Crippen LogP contribution in [0.3, 0.4) is 0 Å². The van der Waals surface area contributed by atoms with Gasteiger partial charge >= 0.3 is 0 Å². The molecule has 6 heteroatoms. The average Bonchev–Trinajstić information content (AvgIpc) is 3.19. The number of aromatic nitrogens is 2. The third-order valence-electron chi connectivity index (χ3n) is 5.28. The first-order valence-corrected chi connectivity index (χ1v) is 10.1. The zero-order chi connectivity index (χ0) is 22.1. The second-order valence-corrected chi connectivity index (χ2v) is 7.70. The van der Waals surface area contributed by atoms with Crippen molar-refractivity contribution in [3.8, 4) is 5.69 Å². The monoisotopic (exact) mass is 412 g/mol. The third-order valence-corrected chi connectivity index (χ3v) is 5.28. The van der Waals surface area contributed by atoms with Crippen molar-refractivity contribution in [3.63, 3.8) is 0 Å². The predicted octanol–water partition coefficient (Wildman–Crippen LogP) is 4.45. The van der Waals surface area contributed by atoms with Crippen molar-refractivity contribution in [3.05, 3.63) is 99.0 Å². The molecule has 6 nitrogen and oxygen atoms in total. The predicted molar refractivity (Wildman–Crippen MR) is 125 cm³/mol. The van der Waals surface area contributed by atoms with Crippen molar-refractivity contribution in [2.45, 2.75) is 27.7 Å². The van der Waals surface area contributed by atoms with E-state index in [0.29, 0.717) is 16.8 Å². The lowest BCUT2D eigenvalue weighted by Crippen LogP contribution is -2.21. The van der Waals surface area contributed by atoms with Crippen LogP contribution in [0.25, 0.3) is 11.8 Å². The maximum Gasteiger partial charge on any atom is 0.280 e. The zero-order valence-corrected chi connectivity index (χ0v) is 18.0. The Kier molecular flexibility index (Phi) is 5.29. The summed E-state index contributed by atoms with van der Waals surface area (Å²) in [4.78, 5) is 25.7. The van der Waals surface area contributed by atoms with Crippen molar-refractivity contribution < 1.29 is 4.79 Å². The molecule has 0 saturated heterocycles. The van der Waals surface area contributed by atoms with Crippen molar-refractivity contribution in [2.24, 2.45) is 5.10 Å². The number of anilines is 1. The maximum absolute atomic E-state index is 12.9. The Labute approximate surface area is 180 Å². The Morgan fingerprint density at radius 3 is 2.03 bits per heavy atom. The van der Waals surface area contributed by atoms with Crippen LogP contribution in [-0.2, 0) is 4.79 Å². The van der Waals surface area contributed by atoms with Crippen LogP contribution in [0.2, 0.25) is 0 Å². The van der Waals surface area contributed by atoms with E-state index in [1.807, 2.05) is 69.3 Å². The van der Waals surface area contributed by atoms with Gasteiger partial charge in [-0.1, -0.05) is 41.5 Å². The van der Waals surface area contributed by atoms with Gasteiger partial charge in [-0.25, -0.2) is 4.68 Å². The number of hydrazone groups is 1. The summed E-state index contributed by atoms with van der Waals surface area (Å²) in [6.45, 7) is 7.66. The van der Waals surface area contributed by atoms with E-state index in [1.165, 1.54) is 9.69 Å². The molecule has 2 aromatic carbocycles. The lowest BCUT2D eigenvalue weighted by Gasteiger charge is -2.11. The van der Waals surface area contributed by atoms with Crippen molar-refractivity contribution >= 4 is 23.4 Å². The number of hydrogen-bond acceptors (Lipinski definition) is 3. The van der Waals surface area contributed by atoms with E-state index in [-0.39, 0.29) is 11.5 Å². The molecule has 1 aliphatic heterocycles. The first-order chi connectivity index (χ1) is 14.8. The summed E-state index contributed by atoms with van der Waals surface area (Å²) in [6.07, 6.45) is 5.15. The largest absolute Gasteiger partial charge is 0.295 e. The second-order valence-electron chi connectivity index (χ2n) is 7.70. The SMILES string of the molecule is CC1=NN(c2ccc(C)cc2)C(=O)C1=CC=Cc1c(C)[nH]n(-c2ccc(C)cc2)c1=O. The normalized spacial score (nSPS) is 15.4. The van der Waals surface area contributed by atoms with Gasteiger partial charge in [0.15, 0.2) is 0 Å². The van der Waals surface area contributed by atoms with Gasteiger partial charge in [0, 0.05) is 5.69 Å². The van der Waals surface area contributed by atoms with E-state index < -0.39 is 0 Å². The molecule has 0 spiro atoms. The molecule has 0 radical (unpaired) electrons. The fourth-order valence-corrected chi connectivity index (χ4v) is 3.44. The average molecular weight is 412 g/mol. The molecule has 0 saturated carbocycles. The number of aryl methyl sites for hydroxylation is 3. The van der Waals surface area contributed by atoms with Gasteiger partial charge in [-0.3, -0.25) is 14.7 Å². The highest BCUT2D eigenvalue weighted by molar-refractivity contribution is 6.29. The number of carbonyl (C=O) groups is 1. The molecular weight excluding hydrogens is 388 g/mol. The second kappa shape index (κ2) is 8.07. The molecule has 0 aliphatic carbocycles. The topological polar surface area (TPSA) is 70.5 Å².